The minimum atomic E-state index is -0.0694. The molecule has 4 rings (SSSR count). The molecule has 2 fully saturated rings. The molecule has 0 radical (unpaired) electrons. The van der Waals surface area contributed by atoms with Crippen LogP contribution in [-0.4, -0.2) is 61.5 Å². The summed E-state index contributed by atoms with van der Waals surface area (Å²) in [7, 11) is 1.64. The topological polar surface area (TPSA) is 49.9 Å². The van der Waals surface area contributed by atoms with Gasteiger partial charge in [-0.3, -0.25) is 9.59 Å². The predicted octanol–water partition coefficient (Wildman–Crippen LogP) is 2.46. The number of benzene rings is 1. The number of hydrogen-bond acceptors (Lipinski definition) is 3. The van der Waals surface area contributed by atoms with Crippen LogP contribution in [0.3, 0.4) is 0 Å². The fourth-order valence-electron chi connectivity index (χ4n) is 4.79. The van der Waals surface area contributed by atoms with E-state index in [1.54, 1.807) is 12.0 Å². The number of carbonyl (C=O) groups is 2. The third kappa shape index (κ3) is 3.41. The van der Waals surface area contributed by atoms with Crippen LogP contribution in [0.5, 0.6) is 0 Å². The monoisotopic (exact) mass is 368 g/mol. The van der Waals surface area contributed by atoms with Crippen LogP contribution in [0.2, 0.25) is 0 Å². The van der Waals surface area contributed by atoms with E-state index in [0.717, 1.165) is 25.9 Å². The van der Waals surface area contributed by atoms with Crippen molar-refractivity contribution in [2.24, 2.45) is 5.92 Å². The van der Waals surface area contributed by atoms with Gasteiger partial charge in [0.25, 0.3) is 0 Å². The van der Waals surface area contributed by atoms with Crippen LogP contribution in [0.15, 0.2) is 30.3 Å². The molecule has 0 bridgehead atoms. The highest BCUT2D eigenvalue weighted by Crippen LogP contribution is 2.43. The Kier molecular flexibility index (Phi) is 5.04. The predicted molar refractivity (Wildman–Crippen MR) is 104 cm³/mol. The van der Waals surface area contributed by atoms with E-state index < -0.39 is 0 Å². The highest BCUT2D eigenvalue weighted by Gasteiger charge is 2.40. The van der Waals surface area contributed by atoms with Crippen molar-refractivity contribution in [2.45, 2.75) is 31.1 Å². The van der Waals surface area contributed by atoms with Crippen molar-refractivity contribution in [1.82, 2.24) is 9.80 Å². The second-order valence-corrected chi connectivity index (χ2v) is 7.97. The summed E-state index contributed by atoms with van der Waals surface area (Å²) in [5, 5.41) is 0. The normalized spacial score (nSPS) is 23.7. The number of hydrogen-bond donors (Lipinski definition) is 0. The second-order valence-electron chi connectivity index (χ2n) is 7.97. The molecule has 5 heteroatoms. The van der Waals surface area contributed by atoms with Crippen molar-refractivity contribution in [3.05, 3.63) is 41.5 Å². The molecule has 3 aliphatic rings. The minimum absolute atomic E-state index is 0.0694. The van der Waals surface area contributed by atoms with E-state index in [1.165, 1.54) is 11.1 Å². The third-order valence-electron chi connectivity index (χ3n) is 6.46. The zero-order valence-electron chi connectivity index (χ0n) is 16.0. The molecule has 0 saturated carbocycles. The molecule has 5 nitrogen and oxygen atoms in total. The van der Waals surface area contributed by atoms with E-state index in [0.29, 0.717) is 32.5 Å². The van der Waals surface area contributed by atoms with E-state index in [2.05, 4.69) is 36.4 Å². The Labute approximate surface area is 161 Å². The quantitative estimate of drug-likeness (QED) is 0.820. The third-order valence-corrected chi connectivity index (χ3v) is 6.46. The van der Waals surface area contributed by atoms with Crippen molar-refractivity contribution in [1.29, 1.82) is 0 Å². The molecule has 2 saturated heterocycles. The number of amides is 2. The molecule has 2 aliphatic heterocycles. The van der Waals surface area contributed by atoms with Gasteiger partial charge in [-0.15, -0.1) is 0 Å². The van der Waals surface area contributed by atoms with Gasteiger partial charge in [0.05, 0.1) is 12.5 Å². The number of nitrogens with zero attached hydrogens (tertiary/aromatic N) is 2. The van der Waals surface area contributed by atoms with Crippen LogP contribution >= 0.6 is 0 Å². The number of fused-ring (bicyclic) bond motifs is 2. The Bertz CT molecular complexity index is 750. The lowest BCUT2D eigenvalue weighted by molar-refractivity contribution is -0.144. The van der Waals surface area contributed by atoms with Gasteiger partial charge in [-0.25, -0.2) is 0 Å². The highest BCUT2D eigenvalue weighted by molar-refractivity contribution is 5.84. The summed E-state index contributed by atoms with van der Waals surface area (Å²) in [6.07, 6.45) is 7.66. The Morgan fingerprint density at radius 2 is 2.04 bits per heavy atom. The van der Waals surface area contributed by atoms with E-state index >= 15 is 0 Å². The average molecular weight is 368 g/mol. The van der Waals surface area contributed by atoms with Gasteiger partial charge in [-0.05, 0) is 30.4 Å². The Morgan fingerprint density at radius 1 is 1.26 bits per heavy atom. The van der Waals surface area contributed by atoms with Gasteiger partial charge in [-0.1, -0.05) is 36.4 Å². The van der Waals surface area contributed by atoms with Crippen molar-refractivity contribution in [3.63, 3.8) is 0 Å². The van der Waals surface area contributed by atoms with Gasteiger partial charge in [0.1, 0.15) is 0 Å². The molecule has 2 amide bonds. The number of allylic oxidation sites excluding steroid dienone is 1. The summed E-state index contributed by atoms with van der Waals surface area (Å²) < 4.78 is 5.09. The number of rotatable bonds is 4. The van der Waals surface area contributed by atoms with E-state index in [4.69, 9.17) is 4.74 Å². The second kappa shape index (κ2) is 7.47. The lowest BCUT2D eigenvalue weighted by atomic mass is 9.74. The van der Waals surface area contributed by atoms with Gasteiger partial charge >= 0.3 is 0 Å². The maximum absolute atomic E-state index is 13.1. The van der Waals surface area contributed by atoms with Crippen LogP contribution in [0.1, 0.15) is 36.8 Å². The Morgan fingerprint density at radius 3 is 2.81 bits per heavy atom. The fraction of sp³-hybridized carbons (Fsp3) is 0.545. The molecule has 1 spiro atoms. The van der Waals surface area contributed by atoms with Crippen LogP contribution in [0, 0.1) is 5.92 Å². The van der Waals surface area contributed by atoms with E-state index in [9.17, 15) is 9.59 Å². The number of likely N-dealkylation sites (tertiary alicyclic amines) is 2. The molecule has 0 N–H and O–H groups in total. The van der Waals surface area contributed by atoms with Crippen LogP contribution < -0.4 is 0 Å². The molecule has 1 unspecified atom stereocenters. The summed E-state index contributed by atoms with van der Waals surface area (Å²) in [5.41, 5.74) is 2.82. The number of piperidine rings is 2. The summed E-state index contributed by atoms with van der Waals surface area (Å²) in [6, 6.07) is 8.60. The number of methoxy groups -OCH3 is 1. The number of carbonyl (C=O) groups excluding carboxylic acids is 2. The SMILES string of the molecule is COCCN1CC(C(=O)N2CCC3(C=Cc4ccccc43)CC2)CCC1=O. The first-order valence-corrected chi connectivity index (χ1v) is 9.97. The lowest BCUT2D eigenvalue weighted by Gasteiger charge is -2.41. The maximum atomic E-state index is 13.1. The molecular formula is C22H28N2O3. The molecular weight excluding hydrogens is 340 g/mol. The summed E-state index contributed by atoms with van der Waals surface area (Å²) in [4.78, 5) is 28.9. The van der Waals surface area contributed by atoms with Gasteiger partial charge in [0.15, 0.2) is 0 Å². The van der Waals surface area contributed by atoms with Crippen LogP contribution in [0.25, 0.3) is 6.08 Å². The smallest absolute Gasteiger partial charge is 0.227 e. The molecule has 0 aromatic heterocycles. The van der Waals surface area contributed by atoms with Gasteiger partial charge in [0.2, 0.25) is 11.8 Å². The largest absolute Gasteiger partial charge is 0.383 e. The summed E-state index contributed by atoms with van der Waals surface area (Å²) in [5.74, 6) is 0.288. The summed E-state index contributed by atoms with van der Waals surface area (Å²) in [6.45, 7) is 3.21. The molecule has 27 heavy (non-hydrogen) atoms. The molecule has 144 valence electrons. The molecule has 1 aliphatic carbocycles. The van der Waals surface area contributed by atoms with Gasteiger partial charge in [-0.2, -0.15) is 0 Å². The average Bonchev–Trinajstić information content (AvgIpc) is 3.06. The summed E-state index contributed by atoms with van der Waals surface area (Å²) >= 11 is 0. The first kappa shape index (κ1) is 18.2. The minimum Gasteiger partial charge on any atom is -0.383 e. The zero-order chi connectivity index (χ0) is 18.9. The molecule has 1 atom stereocenters. The molecule has 2 heterocycles. The molecule has 1 aromatic rings. The fourth-order valence-corrected chi connectivity index (χ4v) is 4.79. The first-order valence-electron chi connectivity index (χ1n) is 9.97. The van der Waals surface area contributed by atoms with E-state index in [-0.39, 0.29) is 23.1 Å². The number of ether oxygens (including phenoxy) is 1. The van der Waals surface area contributed by atoms with Crippen molar-refractivity contribution < 1.29 is 14.3 Å². The Hall–Kier alpha value is -2.14. The van der Waals surface area contributed by atoms with Gasteiger partial charge < -0.3 is 14.5 Å². The van der Waals surface area contributed by atoms with Gasteiger partial charge in [0, 0.05) is 45.1 Å². The Balaban J connectivity index is 1.38. The van der Waals surface area contributed by atoms with Crippen LogP contribution in [-0.2, 0) is 19.7 Å². The molecule has 1 aromatic carbocycles. The lowest BCUT2D eigenvalue weighted by Crippen LogP contribution is -2.51. The van der Waals surface area contributed by atoms with E-state index in [1.807, 2.05) is 4.90 Å². The van der Waals surface area contributed by atoms with Crippen molar-refractivity contribution in [2.75, 3.05) is 39.9 Å². The standard InChI is InChI=1S/C22H28N2O3/c1-27-15-14-24-16-18(6-7-20(24)25)21(26)23-12-10-22(11-13-23)9-8-17-4-2-3-5-19(17)22/h2-5,8-9,18H,6-7,10-16H2,1H3. The highest BCUT2D eigenvalue weighted by atomic mass is 16.5. The van der Waals surface area contributed by atoms with Crippen molar-refractivity contribution >= 4 is 17.9 Å². The zero-order valence-corrected chi connectivity index (χ0v) is 16.0. The maximum Gasteiger partial charge on any atom is 0.227 e. The van der Waals surface area contributed by atoms with Crippen LogP contribution in [0.4, 0.5) is 0 Å². The first-order chi connectivity index (χ1) is 13.1. The van der Waals surface area contributed by atoms with Crippen molar-refractivity contribution in [3.8, 4) is 0 Å².